The van der Waals surface area contributed by atoms with Gasteiger partial charge in [0.2, 0.25) is 11.7 Å². The molecule has 1 atom stereocenters. The van der Waals surface area contributed by atoms with Crippen molar-refractivity contribution >= 4 is 17.6 Å². The van der Waals surface area contributed by atoms with Crippen molar-refractivity contribution in [3.8, 4) is 11.4 Å². The summed E-state index contributed by atoms with van der Waals surface area (Å²) >= 11 is 5.93. The minimum absolute atomic E-state index is 0.517. The largest absolute Gasteiger partial charge is 0.382 e. The molecule has 1 aromatic carbocycles. The first-order valence-electron chi connectivity index (χ1n) is 10.4. The number of nitrogens with one attached hydrogen (secondary N) is 1. The van der Waals surface area contributed by atoms with Crippen LogP contribution in [0.1, 0.15) is 19.2 Å². The maximum Gasteiger partial charge on any atom is 0.228 e. The Hall–Kier alpha value is -2.16. The van der Waals surface area contributed by atoms with Crippen molar-refractivity contribution in [2.75, 3.05) is 53.1 Å². The molecule has 3 rings (SSSR count). The predicted molar refractivity (Wildman–Crippen MR) is 117 cm³/mol. The van der Waals surface area contributed by atoms with Gasteiger partial charge < -0.3 is 24.2 Å². The Morgan fingerprint density at radius 2 is 2.17 bits per heavy atom. The van der Waals surface area contributed by atoms with E-state index >= 15 is 0 Å². The number of hydrogen-bond donors (Lipinski definition) is 1. The van der Waals surface area contributed by atoms with Crippen LogP contribution in [-0.4, -0.2) is 74.1 Å². The van der Waals surface area contributed by atoms with Crippen molar-refractivity contribution in [1.82, 2.24) is 20.4 Å². The standard InChI is InChI=1S/C21H30ClN5O3/c1-3-23-21(27-11-9-16(14-27)15-29-13-12-28-2)24-10-8-19-25-20(26-30-19)17-4-6-18(22)7-5-17/h4-7,16H,3,8-15H2,1-2H3,(H,23,24). The van der Waals surface area contributed by atoms with Gasteiger partial charge in [0.15, 0.2) is 5.96 Å². The molecule has 1 fully saturated rings. The normalized spacial score (nSPS) is 17.0. The SMILES string of the molecule is CCNC(=NCCc1nc(-c2ccc(Cl)cc2)no1)N1CCC(COCCOC)C1. The number of aliphatic imine (C=N–C) groups is 1. The van der Waals surface area contributed by atoms with Crippen LogP contribution in [0.15, 0.2) is 33.8 Å². The van der Waals surface area contributed by atoms with Gasteiger partial charge in [0, 0.05) is 49.7 Å². The molecular weight excluding hydrogens is 406 g/mol. The highest BCUT2D eigenvalue weighted by molar-refractivity contribution is 6.30. The van der Waals surface area contributed by atoms with Gasteiger partial charge in [0.1, 0.15) is 0 Å². The van der Waals surface area contributed by atoms with Crippen LogP contribution in [0.5, 0.6) is 0 Å². The topological polar surface area (TPSA) is 85.0 Å². The molecule has 0 spiro atoms. The van der Waals surface area contributed by atoms with Crippen molar-refractivity contribution < 1.29 is 14.0 Å². The molecule has 9 heteroatoms. The summed E-state index contributed by atoms with van der Waals surface area (Å²) in [4.78, 5) is 11.5. The second-order valence-corrected chi connectivity index (χ2v) is 7.61. The summed E-state index contributed by atoms with van der Waals surface area (Å²) in [5.41, 5.74) is 0.877. The minimum Gasteiger partial charge on any atom is -0.382 e. The third kappa shape index (κ3) is 6.68. The molecule has 0 radical (unpaired) electrons. The quantitative estimate of drug-likeness (QED) is 0.349. The van der Waals surface area contributed by atoms with Crippen LogP contribution in [0, 0.1) is 5.92 Å². The van der Waals surface area contributed by atoms with Crippen LogP contribution >= 0.6 is 11.6 Å². The Bertz CT molecular complexity index is 796. The van der Waals surface area contributed by atoms with Crippen LogP contribution in [0.25, 0.3) is 11.4 Å². The molecule has 1 unspecified atom stereocenters. The Morgan fingerprint density at radius 1 is 1.33 bits per heavy atom. The third-order valence-electron chi connectivity index (χ3n) is 4.86. The number of nitrogens with zero attached hydrogens (tertiary/aromatic N) is 4. The van der Waals surface area contributed by atoms with Crippen molar-refractivity contribution in [2.45, 2.75) is 19.8 Å². The van der Waals surface area contributed by atoms with E-state index in [0.717, 1.165) is 44.2 Å². The zero-order valence-electron chi connectivity index (χ0n) is 17.6. The fourth-order valence-electron chi connectivity index (χ4n) is 3.31. The summed E-state index contributed by atoms with van der Waals surface area (Å²) in [5, 5.41) is 8.11. The molecule has 1 saturated heterocycles. The van der Waals surface area contributed by atoms with Crippen molar-refractivity contribution in [2.24, 2.45) is 10.9 Å². The summed E-state index contributed by atoms with van der Waals surface area (Å²) in [7, 11) is 1.69. The highest BCUT2D eigenvalue weighted by atomic mass is 35.5. The summed E-state index contributed by atoms with van der Waals surface area (Å²) in [6, 6.07) is 7.38. The zero-order chi connectivity index (χ0) is 21.2. The van der Waals surface area contributed by atoms with Gasteiger partial charge in [-0.1, -0.05) is 16.8 Å². The average Bonchev–Trinajstić information content (AvgIpc) is 3.41. The molecule has 8 nitrogen and oxygen atoms in total. The van der Waals surface area contributed by atoms with Gasteiger partial charge in [-0.3, -0.25) is 4.99 Å². The lowest BCUT2D eigenvalue weighted by molar-refractivity contribution is 0.0536. The van der Waals surface area contributed by atoms with Gasteiger partial charge in [-0.2, -0.15) is 4.98 Å². The molecule has 1 aliphatic heterocycles. The van der Waals surface area contributed by atoms with Crippen LogP contribution in [0.2, 0.25) is 5.02 Å². The van der Waals surface area contributed by atoms with E-state index in [1.54, 1.807) is 7.11 Å². The summed E-state index contributed by atoms with van der Waals surface area (Å²) in [6.07, 6.45) is 1.69. The molecule has 1 N–H and O–H groups in total. The van der Waals surface area contributed by atoms with Crippen LogP contribution in [0.3, 0.4) is 0 Å². The Morgan fingerprint density at radius 3 is 2.93 bits per heavy atom. The monoisotopic (exact) mass is 435 g/mol. The number of guanidine groups is 1. The second-order valence-electron chi connectivity index (χ2n) is 7.17. The highest BCUT2D eigenvalue weighted by Crippen LogP contribution is 2.19. The maximum absolute atomic E-state index is 5.93. The van der Waals surface area contributed by atoms with E-state index in [1.807, 2.05) is 24.3 Å². The number of aromatic nitrogens is 2. The molecule has 0 aliphatic carbocycles. The van der Waals surface area contributed by atoms with Crippen molar-refractivity contribution in [1.29, 1.82) is 0 Å². The van der Waals surface area contributed by atoms with Gasteiger partial charge in [-0.15, -0.1) is 0 Å². The summed E-state index contributed by atoms with van der Waals surface area (Å²) < 4.78 is 16.1. The first-order valence-corrected chi connectivity index (χ1v) is 10.8. The lowest BCUT2D eigenvalue weighted by Crippen LogP contribution is -2.40. The van der Waals surface area contributed by atoms with Crippen molar-refractivity contribution in [3.63, 3.8) is 0 Å². The molecule has 0 bridgehead atoms. The fraction of sp³-hybridized carbons (Fsp3) is 0.571. The number of rotatable bonds is 10. The molecular formula is C21H30ClN5O3. The summed E-state index contributed by atoms with van der Waals surface area (Å²) in [5.74, 6) is 2.58. The van der Waals surface area contributed by atoms with Crippen LogP contribution in [-0.2, 0) is 15.9 Å². The number of benzene rings is 1. The Kier molecular flexibility index (Phi) is 8.92. The van der Waals surface area contributed by atoms with Gasteiger partial charge in [0.05, 0.1) is 26.4 Å². The first kappa shape index (κ1) is 22.5. The number of likely N-dealkylation sites (tertiary alicyclic amines) is 1. The highest BCUT2D eigenvalue weighted by Gasteiger charge is 2.25. The van der Waals surface area contributed by atoms with E-state index in [2.05, 4.69) is 27.3 Å². The van der Waals surface area contributed by atoms with Crippen LogP contribution in [0.4, 0.5) is 0 Å². The molecule has 0 saturated carbocycles. The summed E-state index contributed by atoms with van der Waals surface area (Å²) in [6.45, 7) is 7.44. The zero-order valence-corrected chi connectivity index (χ0v) is 18.4. The van der Waals surface area contributed by atoms with E-state index in [9.17, 15) is 0 Å². The smallest absolute Gasteiger partial charge is 0.228 e. The Labute approximate surface area is 182 Å². The van der Waals surface area contributed by atoms with Gasteiger partial charge in [-0.05, 0) is 37.6 Å². The number of ether oxygens (including phenoxy) is 2. The molecule has 0 amide bonds. The molecule has 2 heterocycles. The molecule has 1 aromatic heterocycles. The van der Waals surface area contributed by atoms with E-state index in [-0.39, 0.29) is 0 Å². The van der Waals surface area contributed by atoms with E-state index in [1.165, 1.54) is 0 Å². The van der Waals surface area contributed by atoms with Gasteiger partial charge in [-0.25, -0.2) is 0 Å². The Balaban J connectivity index is 1.50. The van der Waals surface area contributed by atoms with E-state index in [4.69, 9.17) is 30.6 Å². The third-order valence-corrected chi connectivity index (χ3v) is 5.12. The van der Waals surface area contributed by atoms with Crippen molar-refractivity contribution in [3.05, 3.63) is 35.2 Å². The predicted octanol–water partition coefficient (Wildman–Crippen LogP) is 2.88. The average molecular weight is 436 g/mol. The number of hydrogen-bond acceptors (Lipinski definition) is 6. The first-order chi connectivity index (χ1) is 14.7. The molecule has 2 aromatic rings. The minimum atomic E-state index is 0.517. The second kappa shape index (κ2) is 11.9. The fourth-order valence-corrected chi connectivity index (χ4v) is 3.44. The van der Waals surface area contributed by atoms with E-state index < -0.39 is 0 Å². The molecule has 30 heavy (non-hydrogen) atoms. The molecule has 1 aliphatic rings. The maximum atomic E-state index is 5.93. The molecule has 164 valence electrons. The van der Waals surface area contributed by atoms with Gasteiger partial charge >= 0.3 is 0 Å². The number of halogens is 1. The van der Waals surface area contributed by atoms with E-state index in [0.29, 0.717) is 48.8 Å². The van der Waals surface area contributed by atoms with Crippen LogP contribution < -0.4 is 5.32 Å². The van der Waals surface area contributed by atoms with Gasteiger partial charge in [0.25, 0.3) is 0 Å². The lowest BCUT2D eigenvalue weighted by atomic mass is 10.1. The number of methoxy groups -OCH3 is 1. The lowest BCUT2D eigenvalue weighted by Gasteiger charge is -2.21.